The van der Waals surface area contributed by atoms with Crippen molar-refractivity contribution in [3.63, 3.8) is 0 Å². The molecule has 1 aromatic carbocycles. The number of anilines is 1. The molecule has 0 spiro atoms. The van der Waals surface area contributed by atoms with Crippen molar-refractivity contribution in [2.24, 2.45) is 11.7 Å². The molecule has 1 saturated carbocycles. The first-order valence-electron chi connectivity index (χ1n) is 8.88. The average Bonchev–Trinajstić information content (AvgIpc) is 3.07. The zero-order valence-electron chi connectivity index (χ0n) is 14.6. The van der Waals surface area contributed by atoms with Crippen LogP contribution in [0.4, 0.5) is 10.5 Å². The molecule has 3 rings (SSSR count). The Morgan fingerprint density at radius 3 is 2.88 bits per heavy atom. The van der Waals surface area contributed by atoms with Gasteiger partial charge in [-0.15, -0.1) is 0 Å². The second-order valence-corrected chi connectivity index (χ2v) is 6.63. The maximum atomic E-state index is 12.7. The van der Waals surface area contributed by atoms with Crippen molar-refractivity contribution < 1.29 is 14.3 Å². The Hall–Kier alpha value is -2.28. The summed E-state index contributed by atoms with van der Waals surface area (Å²) >= 11 is 0. The van der Waals surface area contributed by atoms with Crippen LogP contribution in [0.1, 0.15) is 36.0 Å². The van der Waals surface area contributed by atoms with Crippen LogP contribution in [-0.4, -0.2) is 44.7 Å². The van der Waals surface area contributed by atoms with Crippen LogP contribution < -0.4 is 26.0 Å². The van der Waals surface area contributed by atoms with Crippen LogP contribution in [0, 0.1) is 5.92 Å². The number of hydrogen-bond donors (Lipinski definition) is 3. The van der Waals surface area contributed by atoms with E-state index >= 15 is 0 Å². The molecule has 2 fully saturated rings. The van der Waals surface area contributed by atoms with Crippen molar-refractivity contribution >= 4 is 17.6 Å². The maximum Gasteiger partial charge on any atom is 0.322 e. The number of nitrogens with zero attached hydrogens (tertiary/aromatic N) is 1. The summed E-state index contributed by atoms with van der Waals surface area (Å²) in [5.41, 5.74) is 6.99. The predicted octanol–water partition coefficient (Wildman–Crippen LogP) is 1.47. The van der Waals surface area contributed by atoms with E-state index in [1.54, 1.807) is 30.2 Å². The molecule has 1 saturated heterocycles. The lowest BCUT2D eigenvalue weighted by Crippen LogP contribution is -2.44. The van der Waals surface area contributed by atoms with Crippen LogP contribution >= 0.6 is 0 Å². The summed E-state index contributed by atoms with van der Waals surface area (Å²) in [4.78, 5) is 26.3. The summed E-state index contributed by atoms with van der Waals surface area (Å²) in [6.45, 7) is 1.73. The molecule has 1 aliphatic carbocycles. The number of carbonyl (C=O) groups excluding carboxylic acids is 2. The maximum absolute atomic E-state index is 12.7. The number of methoxy groups -OCH3 is 1. The molecule has 3 amide bonds. The Morgan fingerprint density at radius 2 is 2.20 bits per heavy atom. The van der Waals surface area contributed by atoms with Gasteiger partial charge in [-0.05, 0) is 43.5 Å². The lowest BCUT2D eigenvalue weighted by Gasteiger charge is -2.31. The lowest BCUT2D eigenvalue weighted by atomic mass is 9.84. The molecule has 1 aliphatic heterocycles. The molecule has 7 heteroatoms. The highest BCUT2D eigenvalue weighted by Gasteiger charge is 2.28. The van der Waals surface area contributed by atoms with Gasteiger partial charge in [0.1, 0.15) is 5.75 Å². The molecule has 136 valence electrons. The first kappa shape index (κ1) is 17.5. The number of hydrogen-bond acceptors (Lipinski definition) is 4. The average molecular weight is 346 g/mol. The zero-order valence-corrected chi connectivity index (χ0v) is 14.6. The molecule has 0 radical (unpaired) electrons. The van der Waals surface area contributed by atoms with Gasteiger partial charge < -0.3 is 21.1 Å². The summed E-state index contributed by atoms with van der Waals surface area (Å²) in [6.07, 6.45) is 4.31. The van der Waals surface area contributed by atoms with E-state index in [1.807, 2.05) is 0 Å². The standard InChI is InChI=1S/C18H26N4O3/c1-25-16-7-6-12(10-15(16)22-9-8-20-18(22)24)17(23)21-14-5-3-2-4-13(14)11-19/h6-7,10,13-14H,2-5,8-9,11,19H2,1H3,(H,20,24)(H,21,23)/t13-,14+/m0/s1. The minimum atomic E-state index is -0.175. The number of ether oxygens (including phenoxy) is 1. The van der Waals surface area contributed by atoms with Crippen LogP contribution in [0.5, 0.6) is 5.75 Å². The summed E-state index contributed by atoms with van der Waals surface area (Å²) in [7, 11) is 1.56. The van der Waals surface area contributed by atoms with Crippen LogP contribution in [0.3, 0.4) is 0 Å². The topological polar surface area (TPSA) is 96.7 Å². The zero-order chi connectivity index (χ0) is 17.8. The monoisotopic (exact) mass is 346 g/mol. The highest BCUT2D eigenvalue weighted by molar-refractivity contribution is 6.00. The Morgan fingerprint density at radius 1 is 1.40 bits per heavy atom. The van der Waals surface area contributed by atoms with Crippen molar-refractivity contribution in [1.29, 1.82) is 0 Å². The highest BCUT2D eigenvalue weighted by Crippen LogP contribution is 2.31. The van der Waals surface area contributed by atoms with Crippen LogP contribution in [0.25, 0.3) is 0 Å². The van der Waals surface area contributed by atoms with Gasteiger partial charge in [-0.2, -0.15) is 0 Å². The predicted molar refractivity (Wildman–Crippen MR) is 96.0 cm³/mol. The second kappa shape index (κ2) is 7.74. The number of amides is 3. The molecular formula is C18H26N4O3. The van der Waals surface area contributed by atoms with Gasteiger partial charge in [0.05, 0.1) is 12.8 Å². The first-order chi connectivity index (χ1) is 12.1. The molecule has 1 heterocycles. The summed E-state index contributed by atoms with van der Waals surface area (Å²) < 4.78 is 5.36. The fraction of sp³-hybridized carbons (Fsp3) is 0.556. The molecule has 0 bridgehead atoms. The fourth-order valence-corrected chi connectivity index (χ4v) is 3.68. The largest absolute Gasteiger partial charge is 0.495 e. The van der Waals surface area contributed by atoms with Gasteiger partial charge in [0, 0.05) is 24.7 Å². The van der Waals surface area contributed by atoms with E-state index in [-0.39, 0.29) is 18.0 Å². The van der Waals surface area contributed by atoms with Crippen molar-refractivity contribution in [3.8, 4) is 5.75 Å². The van der Waals surface area contributed by atoms with E-state index in [2.05, 4.69) is 10.6 Å². The van der Waals surface area contributed by atoms with E-state index in [1.165, 1.54) is 6.42 Å². The van der Waals surface area contributed by atoms with Crippen molar-refractivity contribution in [2.45, 2.75) is 31.7 Å². The van der Waals surface area contributed by atoms with Crippen molar-refractivity contribution in [1.82, 2.24) is 10.6 Å². The quantitative estimate of drug-likeness (QED) is 0.752. The molecule has 0 aromatic heterocycles. The third-order valence-electron chi connectivity index (χ3n) is 5.12. The third kappa shape index (κ3) is 3.71. The van der Waals surface area contributed by atoms with Crippen molar-refractivity contribution in [2.75, 3.05) is 31.6 Å². The molecule has 2 atom stereocenters. The molecule has 7 nitrogen and oxygen atoms in total. The SMILES string of the molecule is COc1ccc(C(=O)N[C@@H]2CCCC[C@H]2CN)cc1N1CCNC1=O. The van der Waals surface area contributed by atoms with Crippen LogP contribution in [-0.2, 0) is 0 Å². The number of carbonyl (C=O) groups is 2. The van der Waals surface area contributed by atoms with Gasteiger partial charge in [-0.3, -0.25) is 9.69 Å². The number of nitrogens with two attached hydrogens (primary N) is 1. The minimum absolute atomic E-state index is 0.117. The van der Waals surface area contributed by atoms with Gasteiger partial charge in [0.2, 0.25) is 0 Å². The van der Waals surface area contributed by atoms with E-state index in [9.17, 15) is 9.59 Å². The Labute approximate surface area is 147 Å². The molecule has 1 aromatic rings. The number of rotatable bonds is 5. The van der Waals surface area contributed by atoms with Crippen LogP contribution in [0.15, 0.2) is 18.2 Å². The van der Waals surface area contributed by atoms with Crippen molar-refractivity contribution in [3.05, 3.63) is 23.8 Å². The summed E-state index contributed by atoms with van der Waals surface area (Å²) in [6, 6.07) is 5.13. The Balaban J connectivity index is 1.79. The lowest BCUT2D eigenvalue weighted by molar-refractivity contribution is 0.0908. The number of nitrogens with one attached hydrogen (secondary N) is 2. The van der Waals surface area contributed by atoms with Crippen LogP contribution in [0.2, 0.25) is 0 Å². The normalized spacial score (nSPS) is 23.3. The van der Waals surface area contributed by atoms with Gasteiger partial charge in [-0.25, -0.2) is 4.79 Å². The highest BCUT2D eigenvalue weighted by atomic mass is 16.5. The number of urea groups is 1. The van der Waals surface area contributed by atoms with Gasteiger partial charge >= 0.3 is 6.03 Å². The molecule has 25 heavy (non-hydrogen) atoms. The molecule has 4 N–H and O–H groups in total. The summed E-state index contributed by atoms with van der Waals surface area (Å²) in [5, 5.41) is 5.89. The number of benzene rings is 1. The van der Waals surface area contributed by atoms with Gasteiger partial charge in [0.25, 0.3) is 5.91 Å². The Kier molecular flexibility index (Phi) is 5.43. The second-order valence-electron chi connectivity index (χ2n) is 6.63. The molecule has 0 unspecified atom stereocenters. The van der Waals surface area contributed by atoms with Gasteiger partial charge in [-0.1, -0.05) is 12.8 Å². The van der Waals surface area contributed by atoms with E-state index in [0.29, 0.717) is 42.6 Å². The minimum Gasteiger partial charge on any atom is -0.495 e. The molecule has 2 aliphatic rings. The van der Waals surface area contributed by atoms with E-state index in [4.69, 9.17) is 10.5 Å². The van der Waals surface area contributed by atoms with Gasteiger partial charge in [0.15, 0.2) is 0 Å². The first-order valence-corrected chi connectivity index (χ1v) is 8.88. The Bertz CT molecular complexity index is 649. The smallest absolute Gasteiger partial charge is 0.322 e. The van der Waals surface area contributed by atoms with E-state index in [0.717, 1.165) is 19.3 Å². The van der Waals surface area contributed by atoms with E-state index < -0.39 is 0 Å². The molecular weight excluding hydrogens is 320 g/mol. The third-order valence-corrected chi connectivity index (χ3v) is 5.12. The summed E-state index contributed by atoms with van der Waals surface area (Å²) in [5.74, 6) is 0.778. The fourth-order valence-electron chi connectivity index (χ4n) is 3.68.